The highest BCUT2D eigenvalue weighted by Gasteiger charge is 2.30. The largest absolute Gasteiger partial charge is 0.323 e. The fourth-order valence-electron chi connectivity index (χ4n) is 3.02. The number of imidazole rings is 1. The minimum Gasteiger partial charge on any atom is -0.323 e. The van der Waals surface area contributed by atoms with Gasteiger partial charge in [0.25, 0.3) is 18.0 Å². The van der Waals surface area contributed by atoms with Crippen LogP contribution in [0.5, 0.6) is 0 Å². The van der Waals surface area contributed by atoms with Crippen molar-refractivity contribution in [2.75, 3.05) is 5.32 Å². The Morgan fingerprint density at radius 2 is 1.83 bits per heavy atom. The fourth-order valence-corrected chi connectivity index (χ4v) is 4.24. The summed E-state index contributed by atoms with van der Waals surface area (Å²) in [5.74, 6) is -4.20. The molecule has 1 aromatic heterocycles. The van der Waals surface area contributed by atoms with E-state index < -0.39 is 73.9 Å². The molecule has 0 saturated carbocycles. The van der Waals surface area contributed by atoms with Crippen molar-refractivity contribution in [3.05, 3.63) is 81.8 Å². The van der Waals surface area contributed by atoms with Gasteiger partial charge in [-0.15, -0.1) is 0 Å². The number of anilines is 1. The summed E-state index contributed by atoms with van der Waals surface area (Å²) in [7, 11) is -4.76. The van der Waals surface area contributed by atoms with Gasteiger partial charge in [-0.3, -0.25) is 19.1 Å². The second kappa shape index (κ2) is 10.2. The van der Waals surface area contributed by atoms with E-state index in [0.717, 1.165) is 42.0 Å². The zero-order chi connectivity index (χ0) is 25.9. The first kappa shape index (κ1) is 25.8. The Labute approximate surface area is 195 Å². The van der Waals surface area contributed by atoms with Gasteiger partial charge in [0, 0.05) is 24.9 Å². The molecule has 0 unspecified atom stereocenters. The van der Waals surface area contributed by atoms with Gasteiger partial charge < -0.3 is 9.88 Å². The van der Waals surface area contributed by atoms with Gasteiger partial charge in [0.1, 0.15) is 11.6 Å². The van der Waals surface area contributed by atoms with Crippen molar-refractivity contribution in [2.45, 2.75) is 30.9 Å². The Hall–Kier alpha value is -3.85. The van der Waals surface area contributed by atoms with Crippen molar-refractivity contribution >= 4 is 27.5 Å². The number of carbonyl (C=O) groups is 1. The van der Waals surface area contributed by atoms with Crippen LogP contribution in [0.15, 0.2) is 53.6 Å². The zero-order valence-electron chi connectivity index (χ0n) is 17.7. The molecule has 0 aliphatic heterocycles. The lowest BCUT2D eigenvalue weighted by atomic mass is 10.2. The Balaban J connectivity index is 1.78. The topological polar surface area (TPSA) is 133 Å². The lowest BCUT2D eigenvalue weighted by Crippen LogP contribution is -2.30. The number of nitrogens with one attached hydrogen (secondary N) is 1. The third kappa shape index (κ3) is 6.19. The molecule has 1 heterocycles. The maximum absolute atomic E-state index is 13.4. The molecular weight excluding hydrogens is 500 g/mol. The minimum atomic E-state index is -4.76. The molecule has 2 aromatic carbocycles. The summed E-state index contributed by atoms with van der Waals surface area (Å²) in [5, 5.41) is 13.2. The van der Waals surface area contributed by atoms with E-state index in [1.54, 1.807) is 0 Å². The van der Waals surface area contributed by atoms with Crippen LogP contribution in [0.2, 0.25) is 0 Å². The molecule has 0 aliphatic carbocycles. The number of nitro groups is 1. The molecule has 186 valence electrons. The Kier molecular flexibility index (Phi) is 7.50. The third-order valence-electron chi connectivity index (χ3n) is 4.50. The van der Waals surface area contributed by atoms with E-state index >= 15 is 0 Å². The number of rotatable bonds is 9. The normalized spacial score (nSPS) is 12.5. The molecule has 3 rings (SSSR count). The van der Waals surface area contributed by atoms with Crippen LogP contribution in [0.1, 0.15) is 24.7 Å². The number of halogens is 4. The smallest absolute Gasteiger partial charge is 0.304 e. The highest BCUT2D eigenvalue weighted by molar-refractivity contribution is 7.87. The molecular formula is C20H16F4N4O6S. The molecule has 0 radical (unpaired) electrons. The fraction of sp³-hybridized carbons (Fsp3) is 0.200. The van der Waals surface area contributed by atoms with E-state index in [1.165, 1.54) is 12.1 Å². The van der Waals surface area contributed by atoms with Gasteiger partial charge in [0.2, 0.25) is 0 Å². The molecule has 1 amide bonds. The first-order chi connectivity index (χ1) is 16.4. The predicted molar refractivity (Wildman–Crippen MR) is 112 cm³/mol. The number of carbonyl (C=O) groups excluding carboxylic acids is 1. The van der Waals surface area contributed by atoms with Crippen molar-refractivity contribution in [1.82, 2.24) is 9.55 Å². The molecule has 0 saturated heterocycles. The average molecular weight is 516 g/mol. The summed E-state index contributed by atoms with van der Waals surface area (Å²) in [6.45, 7) is 0.609. The Morgan fingerprint density at radius 1 is 1.20 bits per heavy atom. The molecule has 1 N–H and O–H groups in total. The molecule has 3 aromatic rings. The van der Waals surface area contributed by atoms with Crippen molar-refractivity contribution in [3.63, 3.8) is 0 Å². The van der Waals surface area contributed by atoms with Gasteiger partial charge in [-0.1, -0.05) is 12.1 Å². The van der Waals surface area contributed by atoms with Crippen LogP contribution in [0.25, 0.3) is 0 Å². The first-order valence-corrected chi connectivity index (χ1v) is 11.1. The van der Waals surface area contributed by atoms with E-state index in [9.17, 15) is 40.9 Å². The maximum atomic E-state index is 13.4. The third-order valence-corrected chi connectivity index (χ3v) is 5.93. The summed E-state index contributed by atoms with van der Waals surface area (Å²) in [5.41, 5.74) is -0.763. The van der Waals surface area contributed by atoms with Crippen molar-refractivity contribution in [1.29, 1.82) is 0 Å². The number of nitro benzene ring substituents is 1. The van der Waals surface area contributed by atoms with Gasteiger partial charge in [0.15, 0.2) is 22.6 Å². The second-order valence-electron chi connectivity index (χ2n) is 7.10. The van der Waals surface area contributed by atoms with E-state index in [-0.39, 0.29) is 5.56 Å². The van der Waals surface area contributed by atoms with Gasteiger partial charge in [-0.25, -0.2) is 22.5 Å². The number of nitrogens with zero attached hydrogens (tertiary/aromatic N) is 3. The number of para-hydroxylation sites is 1. The summed E-state index contributed by atoms with van der Waals surface area (Å²) in [4.78, 5) is 25.3. The number of aromatic nitrogens is 2. The predicted octanol–water partition coefficient (Wildman–Crippen LogP) is 3.79. The second-order valence-corrected chi connectivity index (χ2v) is 8.64. The summed E-state index contributed by atoms with van der Waals surface area (Å²) in [6, 6.07) is 6.78. The number of alkyl halides is 2. The molecule has 0 spiro atoms. The molecule has 10 nitrogen and oxygen atoms in total. The van der Waals surface area contributed by atoms with Gasteiger partial charge in [0.05, 0.1) is 4.92 Å². The zero-order valence-corrected chi connectivity index (χ0v) is 18.5. The molecule has 15 heteroatoms. The Bertz CT molecular complexity index is 1360. The van der Waals surface area contributed by atoms with E-state index in [4.69, 9.17) is 4.18 Å². The van der Waals surface area contributed by atoms with Crippen LogP contribution in [0.4, 0.5) is 29.1 Å². The van der Waals surface area contributed by atoms with E-state index in [2.05, 4.69) is 10.3 Å². The Morgan fingerprint density at radius 3 is 2.43 bits per heavy atom. The van der Waals surface area contributed by atoms with Crippen LogP contribution in [0.3, 0.4) is 0 Å². The number of hydrogen-bond acceptors (Lipinski definition) is 7. The molecule has 0 bridgehead atoms. The van der Waals surface area contributed by atoms with E-state index in [0.29, 0.717) is 6.07 Å². The van der Waals surface area contributed by atoms with Crippen LogP contribution in [-0.2, 0) is 25.6 Å². The highest BCUT2D eigenvalue weighted by Crippen LogP contribution is 2.26. The van der Waals surface area contributed by atoms with Gasteiger partial charge >= 0.3 is 10.1 Å². The van der Waals surface area contributed by atoms with Crippen LogP contribution < -0.4 is 5.32 Å². The summed E-state index contributed by atoms with van der Waals surface area (Å²) < 4.78 is 84.1. The first-order valence-electron chi connectivity index (χ1n) is 9.65. The number of amides is 1. The minimum absolute atomic E-state index is 0.00641. The van der Waals surface area contributed by atoms with Crippen LogP contribution >= 0.6 is 0 Å². The summed E-state index contributed by atoms with van der Waals surface area (Å²) >= 11 is 0. The lowest BCUT2D eigenvalue weighted by molar-refractivity contribution is -0.387. The average Bonchev–Trinajstić information content (AvgIpc) is 3.14. The van der Waals surface area contributed by atoms with Gasteiger partial charge in [-0.2, -0.15) is 8.42 Å². The standard InChI is InChI=1S/C20H16F4N4O6S/c1-11(34-35(32,33)16-5-3-2-4-15(16)28(30)31)20(29)26-17-10-27(19(25-17)18(23)24)9-12-6-13(21)8-14(22)7-12/h2-8,10-11,18H,9H2,1H3,(H,26,29)/t11-/m1/s1. The maximum Gasteiger partial charge on any atom is 0.304 e. The summed E-state index contributed by atoms with van der Waals surface area (Å²) in [6.07, 6.45) is -3.89. The number of benzene rings is 2. The van der Waals surface area contributed by atoms with Gasteiger partial charge in [-0.05, 0) is 30.7 Å². The van der Waals surface area contributed by atoms with E-state index in [1.807, 2.05) is 0 Å². The molecule has 1 atom stereocenters. The van der Waals surface area contributed by atoms with Crippen LogP contribution in [-0.4, -0.2) is 34.9 Å². The highest BCUT2D eigenvalue weighted by atomic mass is 32.2. The van der Waals surface area contributed by atoms with Crippen molar-refractivity contribution in [3.8, 4) is 0 Å². The lowest BCUT2D eigenvalue weighted by Gasteiger charge is -2.12. The van der Waals surface area contributed by atoms with Crippen LogP contribution in [0, 0.1) is 21.7 Å². The SMILES string of the molecule is C[C@@H](OS(=O)(=O)c1ccccc1[N+](=O)[O-])C(=O)Nc1cn(Cc2cc(F)cc(F)c2)c(C(F)F)n1. The monoisotopic (exact) mass is 516 g/mol. The number of hydrogen-bond donors (Lipinski definition) is 1. The molecule has 0 aliphatic rings. The molecule has 0 fully saturated rings. The molecule has 35 heavy (non-hydrogen) atoms. The quantitative estimate of drug-likeness (QED) is 0.198. The van der Waals surface area contributed by atoms with Crippen molar-refractivity contribution < 1.29 is 39.9 Å². The van der Waals surface area contributed by atoms with Crippen molar-refractivity contribution in [2.24, 2.45) is 0 Å².